The minimum Gasteiger partial charge on any atom is -0.451 e. The molecule has 1 heterocycles. The normalized spacial score (nSPS) is 11.9. The van der Waals surface area contributed by atoms with E-state index in [1.165, 1.54) is 26.0 Å². The van der Waals surface area contributed by atoms with Crippen LogP contribution < -0.4 is 0 Å². The lowest BCUT2D eigenvalue weighted by Crippen LogP contribution is -2.25. The Kier molecular flexibility index (Phi) is 5.70. The molecule has 5 nitrogen and oxygen atoms in total. The Balaban J connectivity index is 2.26. The average Bonchev–Trinajstić information content (AvgIpc) is 2.80. The van der Waals surface area contributed by atoms with Crippen LogP contribution in [0.3, 0.4) is 0 Å². The minimum absolute atomic E-state index is 0.00861. The second-order valence-corrected chi connectivity index (χ2v) is 6.50. The molecule has 25 heavy (non-hydrogen) atoms. The number of ketones is 2. The highest BCUT2D eigenvalue weighted by molar-refractivity contribution is 6.39. The maximum atomic E-state index is 12.6. The zero-order valence-corrected chi connectivity index (χ0v) is 15.7. The zero-order chi connectivity index (χ0) is 18.9. The molecule has 0 fully saturated rings. The third-order valence-corrected chi connectivity index (χ3v) is 4.49. The third-order valence-electron chi connectivity index (χ3n) is 3.86. The zero-order valence-electron chi connectivity index (χ0n) is 14.2. The van der Waals surface area contributed by atoms with Crippen LogP contribution in [0, 0.1) is 13.8 Å². The van der Waals surface area contributed by atoms with Gasteiger partial charge in [-0.05, 0) is 45.4 Å². The van der Waals surface area contributed by atoms with E-state index in [-0.39, 0.29) is 27.1 Å². The highest BCUT2D eigenvalue weighted by Crippen LogP contribution is 2.26. The number of carbonyl (C=O) groups excluding carboxylic acids is 3. The van der Waals surface area contributed by atoms with E-state index in [0.29, 0.717) is 16.8 Å². The summed E-state index contributed by atoms with van der Waals surface area (Å²) in [5.74, 6) is -1.37. The fourth-order valence-corrected chi connectivity index (χ4v) is 3.25. The maximum Gasteiger partial charge on any atom is 0.341 e. The molecule has 132 valence electrons. The molecule has 0 aliphatic heterocycles. The van der Waals surface area contributed by atoms with Gasteiger partial charge in [-0.25, -0.2) is 4.79 Å². The molecule has 0 bridgehead atoms. The van der Waals surface area contributed by atoms with Gasteiger partial charge in [0.2, 0.25) is 5.78 Å². The van der Waals surface area contributed by atoms with Crippen molar-refractivity contribution in [3.63, 3.8) is 0 Å². The van der Waals surface area contributed by atoms with Gasteiger partial charge in [0.05, 0.1) is 21.3 Å². The molecule has 0 saturated carbocycles. The first-order valence-corrected chi connectivity index (χ1v) is 8.30. The number of aromatic amines is 1. The summed E-state index contributed by atoms with van der Waals surface area (Å²) in [7, 11) is 0. The number of ether oxygens (including phenoxy) is 1. The number of halogens is 2. The molecule has 1 N–H and O–H groups in total. The van der Waals surface area contributed by atoms with Crippen LogP contribution in [0.5, 0.6) is 0 Å². The molecule has 7 heteroatoms. The van der Waals surface area contributed by atoms with Crippen molar-refractivity contribution in [1.82, 2.24) is 4.98 Å². The Morgan fingerprint density at radius 2 is 1.64 bits per heavy atom. The molecule has 0 aliphatic rings. The maximum absolute atomic E-state index is 12.6. The number of Topliss-reactive ketones (excluding diaryl/α,β-unsaturated/α-hetero) is 2. The van der Waals surface area contributed by atoms with Gasteiger partial charge in [-0.2, -0.15) is 0 Å². The Morgan fingerprint density at radius 1 is 1.08 bits per heavy atom. The smallest absolute Gasteiger partial charge is 0.341 e. The lowest BCUT2D eigenvalue weighted by atomic mass is 10.0. The Labute approximate surface area is 155 Å². The number of aryl methyl sites for hydroxylation is 1. The van der Waals surface area contributed by atoms with Gasteiger partial charge >= 0.3 is 5.97 Å². The van der Waals surface area contributed by atoms with Gasteiger partial charge < -0.3 is 9.72 Å². The summed E-state index contributed by atoms with van der Waals surface area (Å²) < 4.78 is 5.22. The van der Waals surface area contributed by atoms with Crippen LogP contribution in [0.2, 0.25) is 10.0 Å². The number of carbonyl (C=O) groups is 3. The first-order chi connectivity index (χ1) is 11.6. The summed E-state index contributed by atoms with van der Waals surface area (Å²) in [6, 6.07) is 4.62. The summed E-state index contributed by atoms with van der Waals surface area (Å²) in [4.78, 5) is 39.5. The molecular formula is C18H17Cl2NO4. The molecule has 1 atom stereocenters. The number of esters is 1. The highest BCUT2D eigenvalue weighted by atomic mass is 35.5. The molecule has 1 unspecified atom stereocenters. The van der Waals surface area contributed by atoms with Crippen molar-refractivity contribution in [2.45, 2.75) is 33.8 Å². The molecular weight excluding hydrogens is 365 g/mol. The fraction of sp³-hybridized carbons (Fsp3) is 0.278. The van der Waals surface area contributed by atoms with Crippen molar-refractivity contribution in [2.75, 3.05) is 0 Å². The van der Waals surface area contributed by atoms with Crippen LogP contribution in [-0.2, 0) is 4.74 Å². The second kappa shape index (κ2) is 7.42. The van der Waals surface area contributed by atoms with Crippen LogP contribution in [-0.4, -0.2) is 28.6 Å². The minimum atomic E-state index is -1.07. The highest BCUT2D eigenvalue weighted by Gasteiger charge is 2.27. The molecule has 0 radical (unpaired) electrons. The van der Waals surface area contributed by atoms with Crippen molar-refractivity contribution >= 4 is 40.7 Å². The monoisotopic (exact) mass is 381 g/mol. The van der Waals surface area contributed by atoms with Crippen LogP contribution in [0.4, 0.5) is 0 Å². The summed E-state index contributed by atoms with van der Waals surface area (Å²) in [6.07, 6.45) is -1.07. The summed E-state index contributed by atoms with van der Waals surface area (Å²) in [5, 5.41) is 0.283. The van der Waals surface area contributed by atoms with Crippen molar-refractivity contribution in [3.8, 4) is 0 Å². The van der Waals surface area contributed by atoms with Crippen molar-refractivity contribution < 1.29 is 19.1 Å². The van der Waals surface area contributed by atoms with E-state index in [0.717, 1.165) is 0 Å². The molecule has 1 aromatic carbocycles. The van der Waals surface area contributed by atoms with Crippen molar-refractivity contribution in [1.29, 1.82) is 0 Å². The number of hydrogen-bond acceptors (Lipinski definition) is 4. The van der Waals surface area contributed by atoms with Crippen molar-refractivity contribution in [3.05, 3.63) is 56.3 Å². The fourth-order valence-electron chi connectivity index (χ4n) is 2.69. The predicted octanol–water partition coefficient (Wildman–Crippen LogP) is 4.57. The lowest BCUT2D eigenvalue weighted by molar-refractivity contribution is 0.0317. The first-order valence-electron chi connectivity index (χ1n) is 7.54. The van der Waals surface area contributed by atoms with Gasteiger partial charge in [-0.3, -0.25) is 9.59 Å². The Bertz CT molecular complexity index is 850. The predicted molar refractivity (Wildman–Crippen MR) is 95.9 cm³/mol. The number of rotatable bonds is 5. The van der Waals surface area contributed by atoms with Crippen LogP contribution in [0.15, 0.2) is 18.2 Å². The summed E-state index contributed by atoms with van der Waals surface area (Å²) in [6.45, 7) is 6.27. The van der Waals surface area contributed by atoms with Gasteiger partial charge in [0.15, 0.2) is 11.9 Å². The first kappa shape index (κ1) is 19.2. The number of H-pyrrole nitrogens is 1. The summed E-state index contributed by atoms with van der Waals surface area (Å²) in [5.41, 5.74) is 1.85. The summed E-state index contributed by atoms with van der Waals surface area (Å²) >= 11 is 11.9. The largest absolute Gasteiger partial charge is 0.451 e. The molecule has 2 aromatic rings. The average molecular weight is 382 g/mol. The van der Waals surface area contributed by atoms with Crippen LogP contribution >= 0.6 is 23.2 Å². The van der Waals surface area contributed by atoms with Gasteiger partial charge in [-0.1, -0.05) is 29.3 Å². The van der Waals surface area contributed by atoms with Gasteiger partial charge in [-0.15, -0.1) is 0 Å². The molecule has 0 spiro atoms. The molecule has 0 saturated heterocycles. The Hall–Kier alpha value is -2.11. The van der Waals surface area contributed by atoms with E-state index < -0.39 is 17.9 Å². The third kappa shape index (κ3) is 3.78. The number of hydrogen-bond donors (Lipinski definition) is 1. The van der Waals surface area contributed by atoms with Crippen LogP contribution in [0.25, 0.3) is 0 Å². The van der Waals surface area contributed by atoms with Crippen LogP contribution in [0.1, 0.15) is 56.3 Å². The van der Waals surface area contributed by atoms with Gasteiger partial charge in [0, 0.05) is 11.3 Å². The molecule has 0 amide bonds. The van der Waals surface area contributed by atoms with E-state index in [1.54, 1.807) is 19.9 Å². The molecule has 0 aliphatic carbocycles. The molecule has 1 aromatic heterocycles. The quantitative estimate of drug-likeness (QED) is 0.607. The SMILES string of the molecule is CC(=O)c1c(C)[nH]c(C(=O)C(C)OC(=O)c2c(Cl)cccc2Cl)c1C. The van der Waals surface area contributed by atoms with E-state index >= 15 is 0 Å². The number of aromatic nitrogens is 1. The van der Waals surface area contributed by atoms with E-state index in [4.69, 9.17) is 27.9 Å². The second-order valence-electron chi connectivity index (χ2n) is 5.69. The molecule has 2 rings (SSSR count). The van der Waals surface area contributed by atoms with Gasteiger partial charge in [0.1, 0.15) is 0 Å². The van der Waals surface area contributed by atoms with Gasteiger partial charge in [0.25, 0.3) is 0 Å². The van der Waals surface area contributed by atoms with E-state index in [9.17, 15) is 14.4 Å². The van der Waals surface area contributed by atoms with E-state index in [1.807, 2.05) is 0 Å². The standard InChI is InChI=1S/C18H17Cl2NO4/c1-8-14(10(3)22)9(2)21-16(8)17(23)11(4)25-18(24)15-12(19)6-5-7-13(15)20/h5-7,11,21H,1-4H3. The van der Waals surface area contributed by atoms with Crippen molar-refractivity contribution in [2.24, 2.45) is 0 Å². The Morgan fingerprint density at radius 3 is 2.12 bits per heavy atom. The lowest BCUT2D eigenvalue weighted by Gasteiger charge is -2.13. The number of nitrogens with one attached hydrogen (secondary N) is 1. The number of benzene rings is 1. The topological polar surface area (TPSA) is 76.2 Å². The van der Waals surface area contributed by atoms with E-state index in [2.05, 4.69) is 4.98 Å².